The molecule has 0 saturated carbocycles. The fraction of sp³-hybridized carbons (Fsp3) is 0.308. The zero-order valence-corrected chi connectivity index (χ0v) is 16.1. The Hall–Kier alpha value is -0.480. The van der Waals surface area contributed by atoms with Crippen LogP contribution in [-0.2, 0) is 10.0 Å². The predicted molar refractivity (Wildman–Crippen MR) is 91.7 cm³/mol. The number of sulfonamides is 1. The van der Waals surface area contributed by atoms with Crippen molar-refractivity contribution >= 4 is 53.2 Å². The second-order valence-corrected chi connectivity index (χ2v) is 10.2. The standard InChI is InChI=1S/C13H12Br2N2O3S2/c14-10-2-1-6-16-13(10)20-9-5-7-17(8-9)22(18,19)12-4-3-11(15)21-12/h1-4,6,9H,5,7-8H2. The number of nitrogens with zero attached hydrogens (tertiary/aromatic N) is 2. The normalized spacial score (nSPS) is 19.5. The van der Waals surface area contributed by atoms with E-state index in [1.165, 1.54) is 15.6 Å². The van der Waals surface area contributed by atoms with Gasteiger partial charge >= 0.3 is 0 Å². The first-order valence-electron chi connectivity index (χ1n) is 6.49. The third-order valence-electron chi connectivity index (χ3n) is 3.25. The molecule has 0 spiro atoms. The molecule has 1 aliphatic heterocycles. The van der Waals surface area contributed by atoms with Gasteiger partial charge in [-0.05, 0) is 62.5 Å². The number of rotatable bonds is 4. The summed E-state index contributed by atoms with van der Waals surface area (Å²) in [6, 6.07) is 7.01. The van der Waals surface area contributed by atoms with Crippen molar-refractivity contribution in [3.63, 3.8) is 0 Å². The van der Waals surface area contributed by atoms with E-state index in [1.807, 2.05) is 6.07 Å². The van der Waals surface area contributed by atoms with Gasteiger partial charge in [-0.25, -0.2) is 13.4 Å². The van der Waals surface area contributed by atoms with E-state index < -0.39 is 10.0 Å². The van der Waals surface area contributed by atoms with Crippen LogP contribution in [0, 0.1) is 0 Å². The molecule has 1 saturated heterocycles. The summed E-state index contributed by atoms with van der Waals surface area (Å²) in [4.78, 5) is 4.15. The molecule has 3 rings (SSSR count). The van der Waals surface area contributed by atoms with E-state index in [0.717, 1.165) is 8.26 Å². The van der Waals surface area contributed by atoms with Gasteiger partial charge in [0.15, 0.2) is 0 Å². The number of aromatic nitrogens is 1. The highest BCUT2D eigenvalue weighted by molar-refractivity contribution is 9.11. The Balaban J connectivity index is 1.71. The van der Waals surface area contributed by atoms with Crippen LogP contribution in [0.1, 0.15) is 6.42 Å². The highest BCUT2D eigenvalue weighted by atomic mass is 79.9. The molecule has 1 fully saturated rings. The van der Waals surface area contributed by atoms with Crippen LogP contribution in [0.25, 0.3) is 0 Å². The first kappa shape index (κ1) is 16.4. The van der Waals surface area contributed by atoms with Crippen molar-refractivity contribution in [3.8, 4) is 5.88 Å². The first-order chi connectivity index (χ1) is 10.5. The SMILES string of the molecule is O=S(=O)(c1ccc(Br)s1)N1CCC(Oc2ncccc2Br)C1. The average Bonchev–Trinajstić information content (AvgIpc) is 3.11. The summed E-state index contributed by atoms with van der Waals surface area (Å²) in [5.74, 6) is 0.491. The summed E-state index contributed by atoms with van der Waals surface area (Å²) in [6.45, 7) is 0.786. The van der Waals surface area contributed by atoms with Crippen LogP contribution >= 0.6 is 43.2 Å². The molecule has 118 valence electrons. The average molecular weight is 468 g/mol. The summed E-state index contributed by atoms with van der Waals surface area (Å²) in [5, 5.41) is 0. The van der Waals surface area contributed by atoms with Crippen LogP contribution < -0.4 is 4.74 Å². The quantitative estimate of drug-likeness (QED) is 0.690. The zero-order valence-electron chi connectivity index (χ0n) is 11.3. The monoisotopic (exact) mass is 466 g/mol. The maximum atomic E-state index is 12.5. The fourth-order valence-corrected chi connectivity index (χ4v) is 6.19. The maximum absolute atomic E-state index is 12.5. The molecule has 2 aromatic heterocycles. The van der Waals surface area contributed by atoms with Gasteiger partial charge in [-0.2, -0.15) is 4.31 Å². The molecule has 1 atom stereocenters. The van der Waals surface area contributed by atoms with Crippen LogP contribution in [0.3, 0.4) is 0 Å². The van der Waals surface area contributed by atoms with Crippen molar-refractivity contribution in [2.24, 2.45) is 0 Å². The zero-order chi connectivity index (χ0) is 15.7. The molecule has 0 aromatic carbocycles. The van der Waals surface area contributed by atoms with E-state index in [1.54, 1.807) is 24.4 Å². The van der Waals surface area contributed by atoms with Gasteiger partial charge in [0.25, 0.3) is 10.0 Å². The molecule has 2 aromatic rings. The van der Waals surface area contributed by atoms with Crippen LogP contribution in [0.4, 0.5) is 0 Å². The summed E-state index contributed by atoms with van der Waals surface area (Å²) in [7, 11) is -3.44. The van der Waals surface area contributed by atoms with Gasteiger partial charge in [-0.1, -0.05) is 0 Å². The number of thiophene rings is 1. The van der Waals surface area contributed by atoms with Gasteiger partial charge in [0.2, 0.25) is 5.88 Å². The van der Waals surface area contributed by atoms with E-state index in [4.69, 9.17) is 4.74 Å². The lowest BCUT2D eigenvalue weighted by atomic mass is 10.3. The lowest BCUT2D eigenvalue weighted by molar-refractivity contribution is 0.205. The molecule has 0 aliphatic carbocycles. The Morgan fingerprint density at radius 3 is 2.82 bits per heavy atom. The number of halogens is 2. The summed E-state index contributed by atoms with van der Waals surface area (Å²) >= 11 is 7.88. The minimum atomic E-state index is -3.44. The molecular formula is C13H12Br2N2O3S2. The van der Waals surface area contributed by atoms with Gasteiger partial charge in [-0.3, -0.25) is 0 Å². The molecule has 0 bridgehead atoms. The second-order valence-electron chi connectivity index (χ2n) is 4.74. The van der Waals surface area contributed by atoms with E-state index >= 15 is 0 Å². The van der Waals surface area contributed by atoms with Crippen molar-refractivity contribution in [1.29, 1.82) is 0 Å². The molecule has 0 radical (unpaired) electrons. The number of pyridine rings is 1. The highest BCUT2D eigenvalue weighted by Gasteiger charge is 2.34. The lowest BCUT2D eigenvalue weighted by Gasteiger charge is -2.16. The Morgan fingerprint density at radius 2 is 2.14 bits per heavy atom. The van der Waals surface area contributed by atoms with Crippen molar-refractivity contribution in [1.82, 2.24) is 9.29 Å². The summed E-state index contributed by atoms with van der Waals surface area (Å²) < 4.78 is 34.3. The molecule has 22 heavy (non-hydrogen) atoms. The lowest BCUT2D eigenvalue weighted by Crippen LogP contribution is -2.30. The van der Waals surface area contributed by atoms with E-state index in [2.05, 4.69) is 36.8 Å². The van der Waals surface area contributed by atoms with E-state index in [-0.39, 0.29) is 6.10 Å². The Kier molecular flexibility index (Phi) is 4.89. The van der Waals surface area contributed by atoms with Crippen molar-refractivity contribution in [2.75, 3.05) is 13.1 Å². The van der Waals surface area contributed by atoms with Crippen LogP contribution in [-0.4, -0.2) is 36.9 Å². The Labute approximate surface area is 149 Å². The van der Waals surface area contributed by atoms with Gasteiger partial charge < -0.3 is 4.74 Å². The van der Waals surface area contributed by atoms with Crippen molar-refractivity contribution in [3.05, 3.63) is 38.7 Å². The van der Waals surface area contributed by atoms with Crippen LogP contribution in [0.15, 0.2) is 42.9 Å². The third-order valence-corrected chi connectivity index (χ3v) is 7.81. The molecule has 1 unspecified atom stereocenters. The topological polar surface area (TPSA) is 59.5 Å². The van der Waals surface area contributed by atoms with Crippen molar-refractivity contribution < 1.29 is 13.2 Å². The number of hydrogen-bond donors (Lipinski definition) is 0. The van der Waals surface area contributed by atoms with Crippen molar-refractivity contribution in [2.45, 2.75) is 16.7 Å². The van der Waals surface area contributed by atoms with Gasteiger partial charge in [0.05, 0.1) is 14.8 Å². The summed E-state index contributed by atoms with van der Waals surface area (Å²) in [6.07, 6.45) is 2.10. The molecule has 9 heteroatoms. The van der Waals surface area contributed by atoms with Gasteiger partial charge in [0, 0.05) is 12.7 Å². The van der Waals surface area contributed by atoms with Crippen LogP contribution in [0.5, 0.6) is 5.88 Å². The predicted octanol–water partition coefficient (Wildman–Crippen LogP) is 3.51. The summed E-state index contributed by atoms with van der Waals surface area (Å²) in [5.41, 5.74) is 0. The molecular weight excluding hydrogens is 456 g/mol. The minimum Gasteiger partial charge on any atom is -0.472 e. The number of hydrogen-bond acceptors (Lipinski definition) is 5. The van der Waals surface area contributed by atoms with E-state index in [0.29, 0.717) is 29.6 Å². The maximum Gasteiger partial charge on any atom is 0.252 e. The van der Waals surface area contributed by atoms with Gasteiger partial charge in [0.1, 0.15) is 10.3 Å². The second kappa shape index (κ2) is 6.56. The third kappa shape index (κ3) is 3.38. The minimum absolute atomic E-state index is 0.190. The molecule has 5 nitrogen and oxygen atoms in total. The number of ether oxygens (including phenoxy) is 1. The first-order valence-corrected chi connectivity index (χ1v) is 10.3. The Morgan fingerprint density at radius 1 is 1.32 bits per heavy atom. The highest BCUT2D eigenvalue weighted by Crippen LogP contribution is 2.31. The molecule has 1 aliphatic rings. The van der Waals surface area contributed by atoms with Crippen LogP contribution in [0.2, 0.25) is 0 Å². The smallest absolute Gasteiger partial charge is 0.252 e. The molecule has 0 amide bonds. The fourth-order valence-electron chi connectivity index (χ4n) is 2.19. The largest absolute Gasteiger partial charge is 0.472 e. The van der Waals surface area contributed by atoms with E-state index in [9.17, 15) is 8.42 Å². The van der Waals surface area contributed by atoms with Gasteiger partial charge in [-0.15, -0.1) is 11.3 Å². The molecule has 3 heterocycles. The molecule has 0 N–H and O–H groups in total. The Bertz CT molecular complexity index is 779.